The van der Waals surface area contributed by atoms with Gasteiger partial charge >= 0.3 is 0 Å². The van der Waals surface area contributed by atoms with Gasteiger partial charge in [-0.3, -0.25) is 4.79 Å². The molecule has 0 aliphatic heterocycles. The fraction of sp³-hybridized carbons (Fsp3) is 0.533. The summed E-state index contributed by atoms with van der Waals surface area (Å²) in [6, 6.07) is 5.94. The number of carbonyl (C=O) groups excluding carboxylic acids is 1. The van der Waals surface area contributed by atoms with E-state index in [0.29, 0.717) is 31.9 Å². The van der Waals surface area contributed by atoms with E-state index >= 15 is 0 Å². The van der Waals surface area contributed by atoms with Crippen LogP contribution in [0.15, 0.2) is 24.3 Å². The molecule has 0 radical (unpaired) electrons. The van der Waals surface area contributed by atoms with E-state index in [1.54, 1.807) is 24.1 Å². The first-order valence-corrected chi connectivity index (χ1v) is 6.77. The Kier molecular flexibility index (Phi) is 5.95. The molecule has 1 rings (SSSR count). The van der Waals surface area contributed by atoms with Crippen LogP contribution in [0.4, 0.5) is 4.39 Å². The molecule has 20 heavy (non-hydrogen) atoms. The summed E-state index contributed by atoms with van der Waals surface area (Å²) in [4.78, 5) is 13.9. The molecule has 0 heterocycles. The van der Waals surface area contributed by atoms with E-state index in [0.717, 1.165) is 0 Å². The third kappa shape index (κ3) is 4.20. The molecule has 0 saturated carbocycles. The van der Waals surface area contributed by atoms with Crippen LogP contribution in [0.1, 0.15) is 20.3 Å². The van der Waals surface area contributed by atoms with Gasteiger partial charge in [0.15, 0.2) is 0 Å². The molecule has 112 valence electrons. The lowest BCUT2D eigenvalue weighted by Crippen LogP contribution is -2.45. The SMILES string of the molecule is CCC(C)(CN)C(=O)N(C)CCOc1cccc(F)c1. The van der Waals surface area contributed by atoms with Crippen molar-refractivity contribution in [1.82, 2.24) is 4.90 Å². The minimum atomic E-state index is -0.534. The molecule has 2 N–H and O–H groups in total. The van der Waals surface area contributed by atoms with Crippen LogP contribution in [0.25, 0.3) is 0 Å². The fourth-order valence-corrected chi connectivity index (χ4v) is 1.80. The highest BCUT2D eigenvalue weighted by Gasteiger charge is 2.32. The molecule has 1 aromatic carbocycles. The van der Waals surface area contributed by atoms with Crippen molar-refractivity contribution in [3.63, 3.8) is 0 Å². The van der Waals surface area contributed by atoms with Crippen molar-refractivity contribution in [1.29, 1.82) is 0 Å². The van der Waals surface area contributed by atoms with Crippen LogP contribution < -0.4 is 10.5 Å². The largest absolute Gasteiger partial charge is 0.492 e. The van der Waals surface area contributed by atoms with Crippen molar-refractivity contribution in [3.05, 3.63) is 30.1 Å². The van der Waals surface area contributed by atoms with Gasteiger partial charge in [-0.2, -0.15) is 0 Å². The summed E-state index contributed by atoms with van der Waals surface area (Å²) in [5.41, 5.74) is 5.14. The van der Waals surface area contributed by atoms with Crippen molar-refractivity contribution >= 4 is 5.91 Å². The minimum Gasteiger partial charge on any atom is -0.492 e. The molecule has 0 aliphatic rings. The number of amides is 1. The third-order valence-electron chi connectivity index (χ3n) is 3.59. The Bertz CT molecular complexity index is 447. The lowest BCUT2D eigenvalue weighted by atomic mass is 9.86. The zero-order valence-electron chi connectivity index (χ0n) is 12.4. The van der Waals surface area contributed by atoms with Crippen LogP contribution in [0.5, 0.6) is 5.75 Å². The molecule has 0 spiro atoms. The normalized spacial score (nSPS) is 13.7. The molecule has 1 aromatic rings. The van der Waals surface area contributed by atoms with Crippen LogP contribution in [-0.2, 0) is 4.79 Å². The lowest BCUT2D eigenvalue weighted by Gasteiger charge is -2.30. The highest BCUT2D eigenvalue weighted by molar-refractivity contribution is 5.82. The molecule has 1 unspecified atom stereocenters. The molecule has 0 fully saturated rings. The first-order chi connectivity index (χ1) is 9.42. The van der Waals surface area contributed by atoms with Crippen LogP contribution in [0, 0.1) is 11.2 Å². The second-order valence-corrected chi connectivity index (χ2v) is 5.15. The number of ether oxygens (including phenoxy) is 1. The van der Waals surface area contributed by atoms with E-state index in [-0.39, 0.29) is 11.7 Å². The van der Waals surface area contributed by atoms with Gasteiger partial charge in [-0.25, -0.2) is 4.39 Å². The first-order valence-electron chi connectivity index (χ1n) is 6.77. The zero-order chi connectivity index (χ0) is 15.2. The number of hydrogen-bond donors (Lipinski definition) is 1. The molecular weight excluding hydrogens is 259 g/mol. The lowest BCUT2D eigenvalue weighted by molar-refractivity contribution is -0.139. The molecule has 4 nitrogen and oxygen atoms in total. The van der Waals surface area contributed by atoms with Gasteiger partial charge < -0.3 is 15.4 Å². The second-order valence-electron chi connectivity index (χ2n) is 5.15. The van der Waals surface area contributed by atoms with Gasteiger partial charge in [-0.05, 0) is 25.5 Å². The van der Waals surface area contributed by atoms with E-state index in [2.05, 4.69) is 0 Å². The van der Waals surface area contributed by atoms with Crippen LogP contribution >= 0.6 is 0 Å². The van der Waals surface area contributed by atoms with E-state index in [1.165, 1.54) is 12.1 Å². The summed E-state index contributed by atoms with van der Waals surface area (Å²) in [7, 11) is 1.72. The van der Waals surface area contributed by atoms with Crippen molar-refractivity contribution in [2.75, 3.05) is 26.7 Å². The van der Waals surface area contributed by atoms with Gasteiger partial charge in [0.05, 0.1) is 12.0 Å². The van der Waals surface area contributed by atoms with Gasteiger partial charge in [0.25, 0.3) is 0 Å². The Hall–Kier alpha value is -1.62. The number of likely N-dealkylation sites (N-methyl/N-ethyl adjacent to an activating group) is 1. The average molecular weight is 282 g/mol. The summed E-state index contributed by atoms with van der Waals surface area (Å²) in [5, 5.41) is 0. The topological polar surface area (TPSA) is 55.6 Å². The van der Waals surface area contributed by atoms with Gasteiger partial charge in [0, 0.05) is 19.7 Å². The zero-order valence-corrected chi connectivity index (χ0v) is 12.4. The molecular formula is C15H23FN2O2. The highest BCUT2D eigenvalue weighted by atomic mass is 19.1. The van der Waals surface area contributed by atoms with Crippen molar-refractivity contribution in [2.24, 2.45) is 11.1 Å². The molecule has 0 bridgehead atoms. The summed E-state index contributed by atoms with van der Waals surface area (Å²) < 4.78 is 18.4. The fourth-order valence-electron chi connectivity index (χ4n) is 1.80. The van der Waals surface area contributed by atoms with Crippen LogP contribution in [0.3, 0.4) is 0 Å². The van der Waals surface area contributed by atoms with Crippen molar-refractivity contribution < 1.29 is 13.9 Å². The van der Waals surface area contributed by atoms with Crippen LogP contribution in [-0.4, -0.2) is 37.6 Å². The maximum atomic E-state index is 13.0. The number of nitrogens with two attached hydrogens (primary N) is 1. The van der Waals surface area contributed by atoms with Crippen LogP contribution in [0.2, 0.25) is 0 Å². The molecule has 0 aromatic heterocycles. The Morgan fingerprint density at radius 3 is 2.75 bits per heavy atom. The Balaban J connectivity index is 2.47. The molecule has 1 amide bonds. The summed E-state index contributed by atoms with van der Waals surface area (Å²) >= 11 is 0. The Morgan fingerprint density at radius 2 is 2.20 bits per heavy atom. The van der Waals surface area contributed by atoms with E-state index in [4.69, 9.17) is 10.5 Å². The monoisotopic (exact) mass is 282 g/mol. The summed E-state index contributed by atoms with van der Waals surface area (Å²) in [5.74, 6) is 0.127. The van der Waals surface area contributed by atoms with Gasteiger partial charge in [-0.1, -0.05) is 13.0 Å². The maximum absolute atomic E-state index is 13.0. The van der Waals surface area contributed by atoms with Gasteiger partial charge in [0.1, 0.15) is 18.2 Å². The average Bonchev–Trinajstić information content (AvgIpc) is 2.45. The highest BCUT2D eigenvalue weighted by Crippen LogP contribution is 2.22. The Morgan fingerprint density at radius 1 is 1.50 bits per heavy atom. The third-order valence-corrected chi connectivity index (χ3v) is 3.59. The first kappa shape index (κ1) is 16.4. The van der Waals surface area contributed by atoms with Crippen molar-refractivity contribution in [2.45, 2.75) is 20.3 Å². The van der Waals surface area contributed by atoms with Crippen molar-refractivity contribution in [3.8, 4) is 5.75 Å². The number of halogens is 1. The van der Waals surface area contributed by atoms with E-state index in [1.807, 2.05) is 13.8 Å². The minimum absolute atomic E-state index is 0.00495. The van der Waals surface area contributed by atoms with E-state index in [9.17, 15) is 9.18 Å². The molecule has 1 atom stereocenters. The second kappa shape index (κ2) is 7.24. The number of carbonyl (C=O) groups is 1. The Labute approximate surface area is 119 Å². The standard InChI is InChI=1S/C15H23FN2O2/c1-4-15(2,11-17)14(19)18(3)8-9-20-13-7-5-6-12(16)10-13/h5-7,10H,4,8-9,11,17H2,1-3H3. The summed E-state index contributed by atoms with van der Waals surface area (Å²) in [6.45, 7) is 4.87. The predicted molar refractivity (Wildman–Crippen MR) is 77.0 cm³/mol. The smallest absolute Gasteiger partial charge is 0.229 e. The number of nitrogens with zero attached hydrogens (tertiary/aromatic N) is 1. The van der Waals surface area contributed by atoms with E-state index < -0.39 is 5.41 Å². The van der Waals surface area contributed by atoms with Gasteiger partial charge in [0.2, 0.25) is 5.91 Å². The van der Waals surface area contributed by atoms with Gasteiger partial charge in [-0.15, -0.1) is 0 Å². The maximum Gasteiger partial charge on any atom is 0.229 e. The summed E-state index contributed by atoms with van der Waals surface area (Å²) in [6.07, 6.45) is 0.692. The predicted octanol–water partition coefficient (Wildman–Crippen LogP) is 2.04. The molecule has 0 aliphatic carbocycles. The number of hydrogen-bond acceptors (Lipinski definition) is 3. The number of benzene rings is 1. The molecule has 5 heteroatoms. The quantitative estimate of drug-likeness (QED) is 0.832. The molecule has 0 saturated heterocycles. The number of rotatable bonds is 7.